The molecule has 3 aromatic heterocycles. The predicted molar refractivity (Wildman–Crippen MR) is 72.0 cm³/mol. The smallest absolute Gasteiger partial charge is 0.179 e. The van der Waals surface area contributed by atoms with Crippen molar-refractivity contribution in [1.82, 2.24) is 24.3 Å². The van der Waals surface area contributed by atoms with E-state index >= 15 is 0 Å². The van der Waals surface area contributed by atoms with Crippen molar-refractivity contribution in [3.05, 3.63) is 40.6 Å². The van der Waals surface area contributed by atoms with Crippen molar-refractivity contribution >= 4 is 23.4 Å². The van der Waals surface area contributed by atoms with Gasteiger partial charge in [-0.2, -0.15) is 5.10 Å². The molecule has 0 radical (unpaired) electrons. The zero-order valence-corrected chi connectivity index (χ0v) is 11.0. The quantitative estimate of drug-likeness (QED) is 0.718. The van der Waals surface area contributed by atoms with Crippen LogP contribution in [0, 0.1) is 11.7 Å². The minimum Gasteiger partial charge on any atom is -0.329 e. The summed E-state index contributed by atoms with van der Waals surface area (Å²) < 4.78 is 4.42. The first-order valence-electron chi connectivity index (χ1n) is 5.67. The molecule has 5 nitrogen and oxygen atoms in total. The molecule has 1 N–H and O–H groups in total. The Morgan fingerprint density at radius 3 is 3.00 bits per heavy atom. The number of fused-ring (bicyclic) bond motifs is 1. The van der Waals surface area contributed by atoms with E-state index in [0.717, 1.165) is 22.4 Å². The average molecular weight is 259 g/mol. The molecule has 3 rings (SSSR count). The Hall–Kier alpha value is -1.95. The van der Waals surface area contributed by atoms with Gasteiger partial charge in [-0.05, 0) is 36.8 Å². The molecule has 0 aliphatic heterocycles. The standard InChI is InChI=1S/C12H13N5S/c1-8-5-10-11(13-6-8)17(12(18)14-10)7-9-3-4-16(2)15-9/h3-6H,7H2,1-2H3,(H,14,18). The second-order valence-corrected chi connectivity index (χ2v) is 4.77. The summed E-state index contributed by atoms with van der Waals surface area (Å²) in [6.45, 7) is 2.65. The maximum atomic E-state index is 5.33. The van der Waals surface area contributed by atoms with Crippen molar-refractivity contribution in [2.75, 3.05) is 0 Å². The number of hydrogen-bond acceptors (Lipinski definition) is 3. The van der Waals surface area contributed by atoms with Crippen molar-refractivity contribution in [1.29, 1.82) is 0 Å². The van der Waals surface area contributed by atoms with Gasteiger partial charge in [0.2, 0.25) is 0 Å². The minimum atomic E-state index is 0.635. The zero-order chi connectivity index (χ0) is 12.7. The van der Waals surface area contributed by atoms with E-state index in [-0.39, 0.29) is 0 Å². The van der Waals surface area contributed by atoms with Crippen LogP contribution in [0.5, 0.6) is 0 Å². The second-order valence-electron chi connectivity index (χ2n) is 4.38. The molecule has 0 saturated heterocycles. The topological polar surface area (TPSA) is 51.4 Å². The van der Waals surface area contributed by atoms with E-state index in [2.05, 4.69) is 15.1 Å². The molecular formula is C12H13N5S. The fourth-order valence-corrected chi connectivity index (χ4v) is 2.27. The summed E-state index contributed by atoms with van der Waals surface area (Å²) in [6.07, 6.45) is 3.77. The summed E-state index contributed by atoms with van der Waals surface area (Å²) in [6, 6.07) is 4.03. The summed E-state index contributed by atoms with van der Waals surface area (Å²) in [5.41, 5.74) is 3.92. The number of aromatic nitrogens is 5. The molecule has 0 spiro atoms. The van der Waals surface area contributed by atoms with Crippen LogP contribution in [0.4, 0.5) is 0 Å². The molecule has 0 atom stereocenters. The third-order valence-electron chi connectivity index (χ3n) is 2.83. The van der Waals surface area contributed by atoms with E-state index in [9.17, 15) is 0 Å². The lowest BCUT2D eigenvalue weighted by atomic mass is 10.3. The maximum absolute atomic E-state index is 5.33. The van der Waals surface area contributed by atoms with E-state index in [4.69, 9.17) is 12.2 Å². The van der Waals surface area contributed by atoms with Gasteiger partial charge in [0.15, 0.2) is 10.4 Å². The van der Waals surface area contributed by atoms with Crippen LogP contribution in [0.1, 0.15) is 11.3 Å². The number of H-pyrrole nitrogens is 1. The van der Waals surface area contributed by atoms with Gasteiger partial charge < -0.3 is 4.98 Å². The summed E-state index contributed by atoms with van der Waals surface area (Å²) in [7, 11) is 1.90. The highest BCUT2D eigenvalue weighted by molar-refractivity contribution is 7.71. The summed E-state index contributed by atoms with van der Waals surface area (Å²) in [5.74, 6) is 0. The summed E-state index contributed by atoms with van der Waals surface area (Å²) in [5, 5.41) is 4.36. The van der Waals surface area contributed by atoms with Gasteiger partial charge in [-0.3, -0.25) is 9.25 Å². The molecule has 3 aromatic rings. The fraction of sp³-hybridized carbons (Fsp3) is 0.250. The highest BCUT2D eigenvalue weighted by Crippen LogP contribution is 2.14. The average Bonchev–Trinajstić information content (AvgIpc) is 2.84. The van der Waals surface area contributed by atoms with E-state index in [1.165, 1.54) is 0 Å². The maximum Gasteiger partial charge on any atom is 0.179 e. The molecule has 0 amide bonds. The van der Waals surface area contributed by atoms with Crippen LogP contribution in [-0.4, -0.2) is 24.3 Å². The van der Waals surface area contributed by atoms with Crippen LogP contribution in [0.15, 0.2) is 24.5 Å². The Morgan fingerprint density at radius 1 is 1.44 bits per heavy atom. The summed E-state index contributed by atoms with van der Waals surface area (Å²) >= 11 is 5.33. The zero-order valence-electron chi connectivity index (χ0n) is 10.2. The number of imidazole rings is 1. The fourth-order valence-electron chi connectivity index (χ4n) is 2.00. The van der Waals surface area contributed by atoms with Gasteiger partial charge >= 0.3 is 0 Å². The lowest BCUT2D eigenvalue weighted by Crippen LogP contribution is -2.02. The Balaban J connectivity index is 2.11. The lowest BCUT2D eigenvalue weighted by Gasteiger charge is -2.01. The molecule has 0 aliphatic carbocycles. The Morgan fingerprint density at radius 2 is 2.28 bits per heavy atom. The monoisotopic (exact) mass is 259 g/mol. The van der Waals surface area contributed by atoms with Gasteiger partial charge in [-0.25, -0.2) is 4.98 Å². The highest BCUT2D eigenvalue weighted by Gasteiger charge is 2.07. The van der Waals surface area contributed by atoms with Gasteiger partial charge in [0.05, 0.1) is 17.8 Å². The van der Waals surface area contributed by atoms with E-state index in [1.807, 2.05) is 43.1 Å². The van der Waals surface area contributed by atoms with Crippen molar-refractivity contribution in [3.63, 3.8) is 0 Å². The number of nitrogens with zero attached hydrogens (tertiary/aromatic N) is 4. The van der Waals surface area contributed by atoms with Crippen LogP contribution >= 0.6 is 12.2 Å². The molecule has 0 bridgehead atoms. The van der Waals surface area contributed by atoms with Crippen molar-refractivity contribution in [2.45, 2.75) is 13.5 Å². The molecule has 0 fully saturated rings. The SMILES string of the molecule is Cc1cnc2c(c1)[nH]c(=S)n2Cc1ccn(C)n1. The number of rotatable bonds is 2. The first-order chi connectivity index (χ1) is 8.63. The number of pyridine rings is 1. The normalized spacial score (nSPS) is 11.2. The number of aryl methyl sites for hydroxylation is 2. The third kappa shape index (κ3) is 1.84. The number of nitrogens with one attached hydrogen (secondary N) is 1. The van der Waals surface area contributed by atoms with Crippen LogP contribution in [0.2, 0.25) is 0 Å². The van der Waals surface area contributed by atoms with Crippen LogP contribution in [-0.2, 0) is 13.6 Å². The molecule has 0 aromatic carbocycles. The van der Waals surface area contributed by atoms with Crippen molar-refractivity contribution in [2.24, 2.45) is 7.05 Å². The van der Waals surface area contributed by atoms with Crippen LogP contribution < -0.4 is 0 Å². The molecule has 0 unspecified atom stereocenters. The van der Waals surface area contributed by atoms with Crippen molar-refractivity contribution in [3.8, 4) is 0 Å². The molecule has 0 aliphatic rings. The number of hydrogen-bond donors (Lipinski definition) is 1. The van der Waals surface area contributed by atoms with E-state index in [1.54, 1.807) is 4.68 Å². The predicted octanol–water partition coefficient (Wildman–Crippen LogP) is 2.18. The summed E-state index contributed by atoms with van der Waals surface area (Å²) in [4.78, 5) is 7.61. The molecule has 18 heavy (non-hydrogen) atoms. The molecule has 6 heteroatoms. The number of aromatic amines is 1. The Bertz CT molecular complexity index is 764. The Kier molecular flexibility index (Phi) is 2.52. The second kappa shape index (κ2) is 4.06. The lowest BCUT2D eigenvalue weighted by molar-refractivity contribution is 0.708. The Labute approximate surface area is 109 Å². The van der Waals surface area contributed by atoms with Crippen molar-refractivity contribution < 1.29 is 0 Å². The van der Waals surface area contributed by atoms with Gasteiger partial charge in [0, 0.05) is 19.4 Å². The minimum absolute atomic E-state index is 0.635. The molecular weight excluding hydrogens is 246 g/mol. The highest BCUT2D eigenvalue weighted by atomic mass is 32.1. The first-order valence-corrected chi connectivity index (χ1v) is 6.08. The first kappa shape index (κ1) is 11.2. The molecule has 0 saturated carbocycles. The van der Waals surface area contributed by atoms with Crippen LogP contribution in [0.25, 0.3) is 11.2 Å². The van der Waals surface area contributed by atoms with Gasteiger partial charge in [0.1, 0.15) is 0 Å². The molecule has 3 heterocycles. The van der Waals surface area contributed by atoms with Gasteiger partial charge in [-0.1, -0.05) is 0 Å². The van der Waals surface area contributed by atoms with E-state index < -0.39 is 0 Å². The third-order valence-corrected chi connectivity index (χ3v) is 3.16. The molecule has 92 valence electrons. The van der Waals surface area contributed by atoms with Gasteiger partial charge in [-0.15, -0.1) is 0 Å². The largest absolute Gasteiger partial charge is 0.329 e. The van der Waals surface area contributed by atoms with Gasteiger partial charge in [0.25, 0.3) is 0 Å². The van der Waals surface area contributed by atoms with Crippen LogP contribution in [0.3, 0.4) is 0 Å². The van der Waals surface area contributed by atoms with E-state index in [0.29, 0.717) is 11.3 Å².